The zero-order chi connectivity index (χ0) is 15.6. The first-order valence-electron chi connectivity index (χ1n) is 6.53. The molecule has 0 unspecified atom stereocenters. The molecule has 1 aromatic rings. The highest BCUT2D eigenvalue weighted by molar-refractivity contribution is 5.98. The van der Waals surface area contributed by atoms with Crippen molar-refractivity contribution in [2.24, 2.45) is 17.6 Å². The molecule has 2 atom stereocenters. The number of anilines is 1. The van der Waals surface area contributed by atoms with Crippen molar-refractivity contribution in [1.29, 1.82) is 0 Å². The van der Waals surface area contributed by atoms with Gasteiger partial charge >= 0.3 is 5.97 Å². The third-order valence-electron chi connectivity index (χ3n) is 3.67. The predicted octanol–water partition coefficient (Wildman–Crippen LogP) is 1.36. The van der Waals surface area contributed by atoms with Gasteiger partial charge in [0.2, 0.25) is 5.91 Å². The van der Waals surface area contributed by atoms with Crippen LogP contribution in [0.4, 0.5) is 10.1 Å². The number of nitrogens with one attached hydrogen (secondary N) is 1. The molecule has 0 radical (unpaired) electrons. The van der Waals surface area contributed by atoms with Crippen LogP contribution < -0.4 is 11.1 Å². The van der Waals surface area contributed by atoms with E-state index in [1.165, 1.54) is 6.07 Å². The molecule has 0 aliphatic heterocycles. The zero-order valence-electron chi connectivity index (χ0n) is 11.1. The Hall–Kier alpha value is -2.44. The predicted molar refractivity (Wildman–Crippen MR) is 72.0 cm³/mol. The van der Waals surface area contributed by atoms with Crippen LogP contribution in [-0.2, 0) is 9.59 Å². The first kappa shape index (κ1) is 15.0. The van der Waals surface area contributed by atoms with E-state index in [1.54, 1.807) is 0 Å². The first-order chi connectivity index (χ1) is 9.90. The molecule has 0 spiro atoms. The highest BCUT2D eigenvalue weighted by atomic mass is 19.1. The van der Waals surface area contributed by atoms with Gasteiger partial charge in [0.1, 0.15) is 5.82 Å². The highest BCUT2D eigenvalue weighted by Gasteiger charge is 2.37. The molecule has 2 rings (SSSR count). The number of carbonyl (C=O) groups is 3. The monoisotopic (exact) mass is 294 g/mol. The number of benzene rings is 1. The number of aliphatic carboxylic acids is 1. The minimum absolute atomic E-state index is 0.214. The molecule has 1 saturated carbocycles. The number of hydrogen-bond donors (Lipinski definition) is 3. The molecular formula is C14H15FN2O4. The van der Waals surface area contributed by atoms with Crippen molar-refractivity contribution in [2.45, 2.75) is 19.3 Å². The Labute approximate surface area is 120 Å². The summed E-state index contributed by atoms with van der Waals surface area (Å²) in [6, 6.07) is 3.46. The van der Waals surface area contributed by atoms with Crippen molar-refractivity contribution in [3.05, 3.63) is 29.6 Å². The van der Waals surface area contributed by atoms with Crippen LogP contribution in [0.2, 0.25) is 0 Å². The van der Waals surface area contributed by atoms with Crippen LogP contribution in [0, 0.1) is 17.7 Å². The first-order valence-corrected chi connectivity index (χ1v) is 6.53. The van der Waals surface area contributed by atoms with Gasteiger partial charge in [-0.1, -0.05) is 6.42 Å². The molecule has 7 heteroatoms. The lowest BCUT2D eigenvalue weighted by atomic mass is 9.95. The summed E-state index contributed by atoms with van der Waals surface area (Å²) in [5, 5.41) is 11.6. The SMILES string of the molecule is NC(=O)c1cc(NC(=O)[C@@H]2CCC[C@@H]2C(=O)O)ccc1F. The Balaban J connectivity index is 2.14. The zero-order valence-corrected chi connectivity index (χ0v) is 11.1. The van der Waals surface area contributed by atoms with Gasteiger partial charge < -0.3 is 16.2 Å². The largest absolute Gasteiger partial charge is 0.481 e. The van der Waals surface area contributed by atoms with Crippen LogP contribution in [0.5, 0.6) is 0 Å². The minimum Gasteiger partial charge on any atom is -0.481 e. The van der Waals surface area contributed by atoms with E-state index in [2.05, 4.69) is 5.32 Å². The molecule has 4 N–H and O–H groups in total. The van der Waals surface area contributed by atoms with Crippen molar-refractivity contribution >= 4 is 23.5 Å². The number of nitrogens with two attached hydrogens (primary N) is 1. The number of carbonyl (C=O) groups excluding carboxylic acids is 2. The molecule has 1 aromatic carbocycles. The Morgan fingerprint density at radius 2 is 1.90 bits per heavy atom. The summed E-state index contributed by atoms with van der Waals surface area (Å²) in [5.41, 5.74) is 4.92. The van der Waals surface area contributed by atoms with E-state index in [0.717, 1.165) is 12.1 Å². The maximum absolute atomic E-state index is 13.3. The van der Waals surface area contributed by atoms with Crippen LogP contribution in [-0.4, -0.2) is 22.9 Å². The summed E-state index contributed by atoms with van der Waals surface area (Å²) in [4.78, 5) is 34.2. The molecule has 1 aliphatic carbocycles. The van der Waals surface area contributed by atoms with E-state index in [9.17, 15) is 18.8 Å². The molecule has 0 heterocycles. The van der Waals surface area contributed by atoms with Gasteiger partial charge in [-0.2, -0.15) is 0 Å². The van der Waals surface area contributed by atoms with E-state index >= 15 is 0 Å². The van der Waals surface area contributed by atoms with Crippen molar-refractivity contribution in [2.75, 3.05) is 5.32 Å². The lowest BCUT2D eigenvalue weighted by Crippen LogP contribution is -2.30. The van der Waals surface area contributed by atoms with Gasteiger partial charge in [-0.15, -0.1) is 0 Å². The van der Waals surface area contributed by atoms with E-state index in [4.69, 9.17) is 10.8 Å². The summed E-state index contributed by atoms with van der Waals surface area (Å²) in [6.45, 7) is 0. The van der Waals surface area contributed by atoms with Crippen LogP contribution in [0.25, 0.3) is 0 Å². The minimum atomic E-state index is -0.996. The second-order valence-corrected chi connectivity index (χ2v) is 5.03. The van der Waals surface area contributed by atoms with Crippen LogP contribution in [0.1, 0.15) is 29.6 Å². The quantitative estimate of drug-likeness (QED) is 0.778. The number of rotatable bonds is 4. The third-order valence-corrected chi connectivity index (χ3v) is 3.67. The van der Waals surface area contributed by atoms with Crippen LogP contribution in [0.3, 0.4) is 0 Å². The standard InChI is InChI=1S/C14H15FN2O4/c15-11-5-4-7(6-10(11)12(16)18)17-13(19)8-2-1-3-9(8)14(20)21/h4-6,8-9H,1-3H2,(H2,16,18)(H,17,19)(H,20,21)/t8-,9+/m1/s1. The molecule has 1 fully saturated rings. The second kappa shape index (κ2) is 5.90. The van der Waals surface area contributed by atoms with Gasteiger partial charge in [0.25, 0.3) is 5.91 Å². The number of hydrogen-bond acceptors (Lipinski definition) is 3. The van der Waals surface area contributed by atoms with Crippen LogP contribution in [0.15, 0.2) is 18.2 Å². The highest BCUT2D eigenvalue weighted by Crippen LogP contribution is 2.33. The Bertz CT molecular complexity index is 603. The Morgan fingerprint density at radius 1 is 1.24 bits per heavy atom. The molecule has 6 nitrogen and oxygen atoms in total. The van der Waals surface area contributed by atoms with Crippen molar-refractivity contribution in [3.63, 3.8) is 0 Å². The fourth-order valence-corrected chi connectivity index (χ4v) is 2.60. The van der Waals surface area contributed by atoms with Gasteiger partial charge in [0.15, 0.2) is 0 Å². The average molecular weight is 294 g/mol. The summed E-state index contributed by atoms with van der Waals surface area (Å²) in [6.07, 6.45) is 1.63. The summed E-state index contributed by atoms with van der Waals surface area (Å²) in [5.74, 6) is -4.48. The number of halogens is 1. The smallest absolute Gasteiger partial charge is 0.307 e. The van der Waals surface area contributed by atoms with Crippen molar-refractivity contribution in [1.82, 2.24) is 0 Å². The fourth-order valence-electron chi connectivity index (χ4n) is 2.60. The van der Waals surface area contributed by atoms with Gasteiger partial charge in [-0.3, -0.25) is 14.4 Å². The fraction of sp³-hybridized carbons (Fsp3) is 0.357. The Kier molecular flexibility index (Phi) is 4.21. The van der Waals surface area contributed by atoms with Crippen molar-refractivity contribution < 1.29 is 23.9 Å². The molecule has 0 aromatic heterocycles. The number of carboxylic acid groups (broad SMARTS) is 1. The molecule has 2 amide bonds. The molecule has 21 heavy (non-hydrogen) atoms. The van der Waals surface area contributed by atoms with E-state index in [0.29, 0.717) is 19.3 Å². The lowest BCUT2D eigenvalue weighted by molar-refractivity contribution is -0.145. The van der Waals surface area contributed by atoms with Gasteiger partial charge in [-0.05, 0) is 31.0 Å². The van der Waals surface area contributed by atoms with Gasteiger partial charge in [0, 0.05) is 5.69 Å². The topological polar surface area (TPSA) is 109 Å². The molecule has 0 bridgehead atoms. The molecule has 0 saturated heterocycles. The number of amides is 2. The molecular weight excluding hydrogens is 279 g/mol. The van der Waals surface area contributed by atoms with Crippen LogP contribution >= 0.6 is 0 Å². The third kappa shape index (κ3) is 3.18. The molecule has 1 aliphatic rings. The normalized spacial score (nSPS) is 21.0. The number of primary amides is 1. The maximum Gasteiger partial charge on any atom is 0.307 e. The average Bonchev–Trinajstić information content (AvgIpc) is 2.90. The summed E-state index contributed by atoms with van der Waals surface area (Å²) in [7, 11) is 0. The van der Waals surface area contributed by atoms with Gasteiger partial charge in [0.05, 0.1) is 17.4 Å². The molecule has 112 valence electrons. The van der Waals surface area contributed by atoms with E-state index in [1.807, 2.05) is 0 Å². The Morgan fingerprint density at radius 3 is 2.52 bits per heavy atom. The number of carboxylic acids is 1. The maximum atomic E-state index is 13.3. The summed E-state index contributed by atoms with van der Waals surface area (Å²) < 4.78 is 13.3. The van der Waals surface area contributed by atoms with E-state index in [-0.39, 0.29) is 11.3 Å². The van der Waals surface area contributed by atoms with Gasteiger partial charge in [-0.25, -0.2) is 4.39 Å². The van der Waals surface area contributed by atoms with E-state index < -0.39 is 35.4 Å². The summed E-state index contributed by atoms with van der Waals surface area (Å²) >= 11 is 0. The lowest BCUT2D eigenvalue weighted by Gasteiger charge is -2.15. The van der Waals surface area contributed by atoms with Crippen molar-refractivity contribution in [3.8, 4) is 0 Å². The second-order valence-electron chi connectivity index (χ2n) is 5.03.